The van der Waals surface area contributed by atoms with Crippen LogP contribution in [0.25, 0.3) is 0 Å². The van der Waals surface area contributed by atoms with Crippen molar-refractivity contribution in [1.82, 2.24) is 24.6 Å². The topological polar surface area (TPSA) is 220 Å². The van der Waals surface area contributed by atoms with E-state index in [2.05, 4.69) is 0 Å². The molecule has 11 heavy (non-hydrogen) atoms. The third-order valence-electron chi connectivity index (χ3n) is 0. The molecule has 0 saturated carbocycles. The molecule has 8 nitrogen and oxygen atoms in total. The van der Waals surface area contributed by atoms with Crippen LogP contribution in [0.2, 0.25) is 0 Å². The van der Waals surface area contributed by atoms with Crippen LogP contribution in [0.15, 0.2) is 0 Å². The zero-order chi connectivity index (χ0) is 4.50. The fraction of sp³-hybridized carbons (Fsp3) is 0. The van der Waals surface area contributed by atoms with Crippen LogP contribution in [0.1, 0.15) is 0 Å². The first-order chi connectivity index (χ1) is 2.00. The van der Waals surface area contributed by atoms with Gasteiger partial charge in [-0.05, 0) is 0 Å². The monoisotopic (exact) mass is 290 g/mol. The molecule has 0 aromatic rings. The van der Waals surface area contributed by atoms with E-state index in [1.54, 1.807) is 0 Å². The van der Waals surface area contributed by atoms with E-state index in [-0.39, 0.29) is 58.7 Å². The van der Waals surface area contributed by atoms with Crippen LogP contribution < -0.4 is 24.6 Å². The minimum atomic E-state index is -5.17. The smallest absolute Gasteiger partial charge is 0.759 e. The van der Waals surface area contributed by atoms with Crippen molar-refractivity contribution in [1.29, 1.82) is 0 Å². The Bertz CT molecular complexity index is 103. The first kappa shape index (κ1) is 60.2. The summed E-state index contributed by atoms with van der Waals surface area (Å²) in [4.78, 5) is 0. The second kappa shape index (κ2) is 22.4. The fourth-order valence-corrected chi connectivity index (χ4v) is 0. The van der Waals surface area contributed by atoms with Gasteiger partial charge in [0.25, 0.3) is 0 Å². The van der Waals surface area contributed by atoms with Gasteiger partial charge in [0.2, 0.25) is 0 Å². The molecule has 0 aromatic heterocycles. The Hall–Kier alpha value is 0.749. The molecule has 0 spiro atoms. The van der Waals surface area contributed by atoms with Crippen LogP contribution in [0.3, 0.4) is 0 Å². The molecule has 0 aliphatic rings. The summed E-state index contributed by atoms with van der Waals surface area (Å²) in [5.74, 6) is 0. The van der Waals surface area contributed by atoms with Gasteiger partial charge < -0.3 is 33.7 Å². The van der Waals surface area contributed by atoms with E-state index in [4.69, 9.17) is 17.5 Å². The molecule has 0 saturated heterocycles. The largest absolute Gasteiger partial charge is 1.00 e. The van der Waals surface area contributed by atoms with E-state index in [1.807, 2.05) is 0 Å². The maximum atomic E-state index is 8.52. The third-order valence-corrected chi connectivity index (χ3v) is 0. The normalized spacial score (nSPS) is 5.27. The van der Waals surface area contributed by atoms with Gasteiger partial charge in [0.15, 0.2) is 0 Å². The number of rotatable bonds is 0. The van der Waals surface area contributed by atoms with Gasteiger partial charge in [0.05, 0.1) is 0 Å². The average Bonchev–Trinajstić information content (AvgIpc) is 0.722. The molecular formula is H12Cu2N4O4S. The molecule has 11 heteroatoms. The quantitative estimate of drug-likeness (QED) is 0.253. The van der Waals surface area contributed by atoms with Crippen molar-refractivity contribution in [3.8, 4) is 0 Å². The summed E-state index contributed by atoms with van der Waals surface area (Å²) in [6.45, 7) is 0. The molecule has 0 fully saturated rings. The SMILES string of the molecule is N.N.N.N.O=S(=O)([O-])[O-].[Cu+].[Cu+]. The van der Waals surface area contributed by atoms with Gasteiger partial charge in [0, 0.05) is 10.4 Å². The van der Waals surface area contributed by atoms with Crippen molar-refractivity contribution in [3.63, 3.8) is 0 Å². The molecular weight excluding hydrogens is 279 g/mol. The van der Waals surface area contributed by atoms with Gasteiger partial charge in [-0.25, -0.2) is 0 Å². The van der Waals surface area contributed by atoms with E-state index in [9.17, 15) is 0 Å². The van der Waals surface area contributed by atoms with Crippen molar-refractivity contribution in [2.75, 3.05) is 0 Å². The Morgan fingerprint density at radius 3 is 0.727 bits per heavy atom. The Balaban J connectivity index is -0.00000000533. The Morgan fingerprint density at radius 1 is 0.727 bits per heavy atom. The van der Waals surface area contributed by atoms with Crippen molar-refractivity contribution in [2.45, 2.75) is 0 Å². The van der Waals surface area contributed by atoms with Crippen molar-refractivity contribution in [3.05, 3.63) is 0 Å². The van der Waals surface area contributed by atoms with Crippen LogP contribution in [0, 0.1) is 0 Å². The first-order valence-electron chi connectivity index (χ1n) is 0.667. The van der Waals surface area contributed by atoms with Gasteiger partial charge in [-0.1, -0.05) is 0 Å². The van der Waals surface area contributed by atoms with Crippen LogP contribution >= 0.6 is 0 Å². The third kappa shape index (κ3) is 1470. The van der Waals surface area contributed by atoms with Crippen molar-refractivity contribution < 1.29 is 51.7 Å². The predicted molar refractivity (Wildman–Crippen MR) is 30.6 cm³/mol. The van der Waals surface area contributed by atoms with Gasteiger partial charge in [-0.3, -0.25) is 8.42 Å². The molecule has 0 rings (SSSR count). The average molecular weight is 291 g/mol. The summed E-state index contributed by atoms with van der Waals surface area (Å²) in [6, 6.07) is 0. The van der Waals surface area contributed by atoms with Crippen LogP contribution in [-0.4, -0.2) is 17.5 Å². The van der Waals surface area contributed by atoms with E-state index >= 15 is 0 Å². The second-order valence-corrected chi connectivity index (χ2v) is 1.22. The molecule has 0 aromatic carbocycles. The standard InChI is InChI=1S/2Cu.4H3N.H2O4S/c;;;;;;1-5(2,3)4/h;;4*1H3;(H2,1,2,3,4)/q2*+1;;;;;/p-2. The van der Waals surface area contributed by atoms with Crippen LogP contribution in [0.5, 0.6) is 0 Å². The Morgan fingerprint density at radius 2 is 0.727 bits per heavy atom. The summed E-state index contributed by atoms with van der Waals surface area (Å²) in [5, 5.41) is 0. The van der Waals surface area contributed by atoms with E-state index < -0.39 is 10.4 Å². The molecule has 84 valence electrons. The molecule has 0 amide bonds. The minimum absolute atomic E-state index is 0. The first-order valence-corrected chi connectivity index (χ1v) is 2.00. The number of hydrogen-bond donors (Lipinski definition) is 4. The summed E-state index contributed by atoms with van der Waals surface area (Å²) in [7, 11) is -5.17. The summed E-state index contributed by atoms with van der Waals surface area (Å²) < 4.78 is 34.1. The molecule has 0 atom stereocenters. The summed E-state index contributed by atoms with van der Waals surface area (Å²) in [5.41, 5.74) is 0. The second-order valence-electron chi connectivity index (χ2n) is 0.408. The van der Waals surface area contributed by atoms with E-state index in [0.717, 1.165) is 0 Å². The van der Waals surface area contributed by atoms with E-state index in [1.165, 1.54) is 0 Å². The maximum Gasteiger partial charge on any atom is 1.00 e. The molecule has 0 aliphatic heterocycles. The van der Waals surface area contributed by atoms with Gasteiger partial charge in [0.1, 0.15) is 0 Å². The fourth-order valence-electron chi connectivity index (χ4n) is 0. The summed E-state index contributed by atoms with van der Waals surface area (Å²) >= 11 is 0. The molecule has 0 bridgehead atoms. The molecule has 0 heterocycles. The molecule has 0 aliphatic carbocycles. The minimum Gasteiger partial charge on any atom is -0.759 e. The Kier molecular flexibility index (Phi) is 123. The van der Waals surface area contributed by atoms with Gasteiger partial charge in [-0.2, -0.15) is 0 Å². The van der Waals surface area contributed by atoms with Crippen LogP contribution in [0.4, 0.5) is 0 Å². The summed E-state index contributed by atoms with van der Waals surface area (Å²) in [6.07, 6.45) is 0. The van der Waals surface area contributed by atoms with Crippen molar-refractivity contribution >= 4 is 10.4 Å². The molecule has 12 N–H and O–H groups in total. The predicted octanol–water partition coefficient (Wildman–Crippen LogP) is -0.695. The maximum absolute atomic E-state index is 8.52. The molecule has 0 unspecified atom stereocenters. The van der Waals surface area contributed by atoms with Crippen molar-refractivity contribution in [2.24, 2.45) is 0 Å². The van der Waals surface area contributed by atoms with Gasteiger partial charge in [-0.15, -0.1) is 0 Å². The van der Waals surface area contributed by atoms with Gasteiger partial charge >= 0.3 is 34.1 Å². The Labute approximate surface area is 86.7 Å². The van der Waals surface area contributed by atoms with E-state index in [0.29, 0.717) is 0 Å². The van der Waals surface area contributed by atoms with Crippen LogP contribution in [-0.2, 0) is 44.5 Å². The zero-order valence-electron chi connectivity index (χ0n) is 5.47. The molecule has 0 radical (unpaired) electrons. The number of hydrogen-bond acceptors (Lipinski definition) is 8. The zero-order valence-corrected chi connectivity index (χ0v) is 8.17.